The fraction of sp³-hybridized carbons (Fsp3) is 0.556. The van der Waals surface area contributed by atoms with Crippen molar-refractivity contribution in [1.82, 2.24) is 9.88 Å². The van der Waals surface area contributed by atoms with E-state index in [0.29, 0.717) is 5.56 Å². The summed E-state index contributed by atoms with van der Waals surface area (Å²) in [7, 11) is 1.25. The third kappa shape index (κ3) is 7.08. The Morgan fingerprint density at radius 1 is 0.962 bits per heavy atom. The van der Waals surface area contributed by atoms with E-state index in [0.717, 1.165) is 4.90 Å². The monoisotopic (exact) mass is 366 g/mol. The van der Waals surface area contributed by atoms with Crippen LogP contribution in [0.1, 0.15) is 57.5 Å². The standard InChI is InChI=1S/C18H26N2O6/c1-17(2,3)25-15(22)20(16(23)26-18(4,5)6)11-12-8-13(10-19-9-12)14(21)24-7/h8-10H,11H2,1-7H3. The molecule has 26 heavy (non-hydrogen) atoms. The number of imide groups is 1. The van der Waals surface area contributed by atoms with Crippen LogP contribution >= 0.6 is 0 Å². The molecule has 144 valence electrons. The maximum atomic E-state index is 12.5. The fourth-order valence-corrected chi connectivity index (χ4v) is 1.82. The molecule has 0 aliphatic heterocycles. The molecule has 1 heterocycles. The molecule has 0 unspecified atom stereocenters. The number of carbonyl (C=O) groups is 3. The fourth-order valence-electron chi connectivity index (χ4n) is 1.82. The SMILES string of the molecule is COC(=O)c1cncc(CN(C(=O)OC(C)(C)C)C(=O)OC(C)(C)C)c1. The molecule has 8 heteroatoms. The predicted molar refractivity (Wildman–Crippen MR) is 93.6 cm³/mol. The van der Waals surface area contributed by atoms with Gasteiger partial charge in [0.2, 0.25) is 0 Å². The van der Waals surface area contributed by atoms with Gasteiger partial charge in [0.25, 0.3) is 0 Å². The molecule has 0 atom stereocenters. The molecule has 1 aromatic rings. The number of amides is 2. The Kier molecular flexibility index (Phi) is 6.72. The minimum absolute atomic E-state index is 0.165. The summed E-state index contributed by atoms with van der Waals surface area (Å²) < 4.78 is 15.2. The molecule has 0 radical (unpaired) electrons. The molecule has 0 saturated heterocycles. The van der Waals surface area contributed by atoms with E-state index in [1.165, 1.54) is 25.6 Å². The molecule has 0 spiro atoms. The van der Waals surface area contributed by atoms with Gasteiger partial charge in [-0.2, -0.15) is 0 Å². The highest BCUT2D eigenvalue weighted by Crippen LogP contribution is 2.17. The molecule has 0 fully saturated rings. The number of ether oxygens (including phenoxy) is 3. The van der Waals surface area contributed by atoms with Gasteiger partial charge in [-0.15, -0.1) is 0 Å². The maximum Gasteiger partial charge on any atom is 0.420 e. The second kappa shape index (κ2) is 8.16. The van der Waals surface area contributed by atoms with Gasteiger partial charge in [-0.3, -0.25) is 4.98 Å². The van der Waals surface area contributed by atoms with Crippen molar-refractivity contribution in [3.05, 3.63) is 29.6 Å². The molecular formula is C18H26N2O6. The summed E-state index contributed by atoms with van der Waals surface area (Å²) in [5, 5.41) is 0. The number of pyridine rings is 1. The van der Waals surface area contributed by atoms with E-state index < -0.39 is 29.4 Å². The van der Waals surface area contributed by atoms with E-state index in [9.17, 15) is 14.4 Å². The average Bonchev–Trinajstić information content (AvgIpc) is 2.48. The molecule has 0 aliphatic carbocycles. The average molecular weight is 366 g/mol. The Morgan fingerprint density at radius 3 is 1.88 bits per heavy atom. The highest BCUT2D eigenvalue weighted by molar-refractivity contribution is 5.90. The Bertz CT molecular complexity index is 645. The quantitative estimate of drug-likeness (QED) is 0.596. The van der Waals surface area contributed by atoms with Crippen molar-refractivity contribution >= 4 is 18.2 Å². The molecular weight excluding hydrogens is 340 g/mol. The van der Waals surface area contributed by atoms with Crippen LogP contribution in [-0.2, 0) is 20.8 Å². The van der Waals surface area contributed by atoms with E-state index in [1.807, 2.05) is 0 Å². The Hall–Kier alpha value is -2.64. The summed E-state index contributed by atoms with van der Waals surface area (Å²) in [4.78, 5) is 41.3. The van der Waals surface area contributed by atoms with Gasteiger partial charge in [-0.25, -0.2) is 19.3 Å². The number of hydrogen-bond acceptors (Lipinski definition) is 7. The molecule has 1 rings (SSSR count). The second-order valence-corrected chi connectivity index (χ2v) is 7.62. The lowest BCUT2D eigenvalue weighted by Crippen LogP contribution is -2.43. The first-order chi connectivity index (χ1) is 11.8. The van der Waals surface area contributed by atoms with Gasteiger partial charge in [0.05, 0.1) is 19.2 Å². The third-order valence-electron chi connectivity index (χ3n) is 2.78. The minimum Gasteiger partial charge on any atom is -0.465 e. The Balaban J connectivity index is 3.11. The van der Waals surface area contributed by atoms with Crippen molar-refractivity contribution < 1.29 is 28.6 Å². The zero-order valence-electron chi connectivity index (χ0n) is 16.3. The van der Waals surface area contributed by atoms with Crippen molar-refractivity contribution in [3.8, 4) is 0 Å². The molecule has 1 aromatic heterocycles. The highest BCUT2D eigenvalue weighted by atomic mass is 16.6. The number of nitrogens with zero attached hydrogens (tertiary/aromatic N) is 2. The third-order valence-corrected chi connectivity index (χ3v) is 2.78. The zero-order valence-corrected chi connectivity index (χ0v) is 16.3. The first kappa shape index (κ1) is 21.4. The van der Waals surface area contributed by atoms with Gasteiger partial charge in [0.1, 0.15) is 11.2 Å². The van der Waals surface area contributed by atoms with Gasteiger partial charge >= 0.3 is 18.2 Å². The largest absolute Gasteiger partial charge is 0.465 e. The van der Waals surface area contributed by atoms with Crippen LogP contribution in [0.3, 0.4) is 0 Å². The van der Waals surface area contributed by atoms with Crippen LogP contribution in [-0.4, -0.2) is 46.4 Å². The van der Waals surface area contributed by atoms with Crippen LogP contribution in [0.15, 0.2) is 18.5 Å². The smallest absolute Gasteiger partial charge is 0.420 e. The predicted octanol–water partition coefficient (Wildman–Crippen LogP) is 3.54. The first-order valence-electron chi connectivity index (χ1n) is 8.08. The molecule has 0 aromatic carbocycles. The first-order valence-corrected chi connectivity index (χ1v) is 8.08. The van der Waals surface area contributed by atoms with E-state index in [-0.39, 0.29) is 12.1 Å². The number of hydrogen-bond donors (Lipinski definition) is 0. The van der Waals surface area contributed by atoms with Crippen molar-refractivity contribution in [2.75, 3.05) is 7.11 Å². The molecule has 0 aliphatic rings. The number of carbonyl (C=O) groups excluding carboxylic acids is 3. The van der Waals surface area contributed by atoms with Gasteiger partial charge in [-0.1, -0.05) is 0 Å². The van der Waals surface area contributed by atoms with Gasteiger partial charge < -0.3 is 14.2 Å². The molecule has 0 bridgehead atoms. The van der Waals surface area contributed by atoms with E-state index in [4.69, 9.17) is 9.47 Å². The molecule has 8 nitrogen and oxygen atoms in total. The van der Waals surface area contributed by atoms with Crippen LogP contribution in [0, 0.1) is 0 Å². The lowest BCUT2D eigenvalue weighted by Gasteiger charge is -2.28. The van der Waals surface area contributed by atoms with Crippen molar-refractivity contribution in [2.45, 2.75) is 59.3 Å². The number of methoxy groups -OCH3 is 1. The highest BCUT2D eigenvalue weighted by Gasteiger charge is 2.31. The lowest BCUT2D eigenvalue weighted by atomic mass is 10.2. The maximum absolute atomic E-state index is 12.5. The molecule has 2 amide bonds. The van der Waals surface area contributed by atoms with Crippen molar-refractivity contribution in [3.63, 3.8) is 0 Å². The van der Waals surface area contributed by atoms with Crippen LogP contribution in [0.25, 0.3) is 0 Å². The van der Waals surface area contributed by atoms with Crippen LogP contribution in [0.4, 0.5) is 9.59 Å². The van der Waals surface area contributed by atoms with Crippen LogP contribution < -0.4 is 0 Å². The van der Waals surface area contributed by atoms with Crippen LogP contribution in [0.2, 0.25) is 0 Å². The topological polar surface area (TPSA) is 95.0 Å². The number of rotatable bonds is 3. The summed E-state index contributed by atoms with van der Waals surface area (Å²) in [6.45, 7) is 9.99. The summed E-state index contributed by atoms with van der Waals surface area (Å²) in [6.07, 6.45) is 1.07. The number of aromatic nitrogens is 1. The summed E-state index contributed by atoms with van der Waals surface area (Å²) in [5.41, 5.74) is -0.921. The Morgan fingerprint density at radius 2 is 1.46 bits per heavy atom. The summed E-state index contributed by atoms with van der Waals surface area (Å²) in [5.74, 6) is -0.569. The van der Waals surface area contributed by atoms with Gasteiger partial charge in [0, 0.05) is 12.4 Å². The summed E-state index contributed by atoms with van der Waals surface area (Å²) in [6, 6.07) is 1.49. The Labute approximate surface area is 153 Å². The minimum atomic E-state index is -0.852. The normalized spacial score (nSPS) is 11.5. The number of esters is 1. The van der Waals surface area contributed by atoms with Crippen molar-refractivity contribution in [1.29, 1.82) is 0 Å². The lowest BCUT2D eigenvalue weighted by molar-refractivity contribution is -0.000269. The zero-order chi connectivity index (χ0) is 20.1. The van der Waals surface area contributed by atoms with Gasteiger partial charge in [-0.05, 0) is 53.2 Å². The van der Waals surface area contributed by atoms with Gasteiger partial charge in [0.15, 0.2) is 0 Å². The van der Waals surface area contributed by atoms with Crippen LogP contribution in [0.5, 0.6) is 0 Å². The van der Waals surface area contributed by atoms with E-state index in [1.54, 1.807) is 41.5 Å². The molecule has 0 N–H and O–H groups in total. The van der Waals surface area contributed by atoms with E-state index >= 15 is 0 Å². The second-order valence-electron chi connectivity index (χ2n) is 7.62. The summed E-state index contributed by atoms with van der Waals surface area (Å²) >= 11 is 0. The van der Waals surface area contributed by atoms with Crippen molar-refractivity contribution in [2.24, 2.45) is 0 Å². The molecule has 0 saturated carbocycles. The van der Waals surface area contributed by atoms with E-state index in [2.05, 4.69) is 9.72 Å².